The monoisotopic (exact) mass is 363 g/mol. The van der Waals surface area contributed by atoms with Gasteiger partial charge in [-0.25, -0.2) is 0 Å². The van der Waals surface area contributed by atoms with Crippen LogP contribution >= 0.6 is 24.8 Å². The lowest BCUT2D eigenvalue weighted by Crippen LogP contribution is -2.51. The Balaban J connectivity index is 0.00000132. The third kappa shape index (κ3) is 5.08. The molecule has 0 aromatic carbocycles. The molecule has 8 heteroatoms. The summed E-state index contributed by atoms with van der Waals surface area (Å²) in [6.07, 6.45) is 6.45. The molecule has 0 bridgehead atoms. The standard InChI is InChI=1S/C15H25N5O.2ClH/c1-16-14(13-9-17-18(2)11-13)15(21)20-7-5-19(6-8-20)10-12-3-4-12;;/h9,11-12,14,16H,3-8,10H2,1-2H3;2*1H. The second-order valence-corrected chi connectivity index (χ2v) is 6.24. The normalized spacial score (nSPS) is 19.7. The SMILES string of the molecule is CNC(C(=O)N1CCN(CC2CC2)CC1)c1cnn(C)c1.Cl.Cl. The van der Waals surface area contributed by atoms with Crippen LogP contribution in [0, 0.1) is 5.92 Å². The third-order valence-electron chi connectivity index (χ3n) is 4.49. The Kier molecular flexibility index (Phi) is 7.80. The van der Waals surface area contributed by atoms with E-state index >= 15 is 0 Å². The van der Waals surface area contributed by atoms with Crippen LogP contribution in [0.3, 0.4) is 0 Å². The molecule has 1 amide bonds. The molecule has 1 saturated heterocycles. The lowest BCUT2D eigenvalue weighted by molar-refractivity contribution is -0.135. The molecule has 23 heavy (non-hydrogen) atoms. The topological polar surface area (TPSA) is 53.4 Å². The Morgan fingerprint density at radius 3 is 2.43 bits per heavy atom. The number of carbonyl (C=O) groups excluding carboxylic acids is 1. The van der Waals surface area contributed by atoms with Crippen molar-refractivity contribution in [3.8, 4) is 0 Å². The van der Waals surface area contributed by atoms with Gasteiger partial charge in [0.05, 0.1) is 6.20 Å². The van der Waals surface area contributed by atoms with Gasteiger partial charge >= 0.3 is 0 Å². The zero-order valence-electron chi connectivity index (χ0n) is 13.8. The largest absolute Gasteiger partial charge is 0.338 e. The molecule has 1 atom stereocenters. The maximum absolute atomic E-state index is 12.7. The van der Waals surface area contributed by atoms with Crippen LogP contribution in [-0.4, -0.2) is 65.3 Å². The average molecular weight is 364 g/mol. The number of aryl methyl sites for hydroxylation is 1. The van der Waals surface area contributed by atoms with Crippen molar-refractivity contribution in [1.82, 2.24) is 24.9 Å². The predicted octanol–water partition coefficient (Wildman–Crippen LogP) is 1.08. The number of piperazine rings is 1. The molecule has 1 aromatic rings. The van der Waals surface area contributed by atoms with Crippen molar-refractivity contribution < 1.29 is 4.79 Å². The van der Waals surface area contributed by atoms with Gasteiger partial charge in [-0.15, -0.1) is 24.8 Å². The molecule has 1 aromatic heterocycles. The second-order valence-electron chi connectivity index (χ2n) is 6.24. The van der Waals surface area contributed by atoms with Gasteiger partial charge in [-0.2, -0.15) is 5.10 Å². The van der Waals surface area contributed by atoms with E-state index in [1.165, 1.54) is 19.4 Å². The maximum atomic E-state index is 12.7. The number of rotatable bonds is 5. The number of hydrogen-bond acceptors (Lipinski definition) is 4. The number of carbonyl (C=O) groups is 1. The van der Waals surface area contributed by atoms with Crippen molar-refractivity contribution in [3.63, 3.8) is 0 Å². The van der Waals surface area contributed by atoms with E-state index in [0.29, 0.717) is 0 Å². The molecular weight excluding hydrogens is 337 g/mol. The first kappa shape index (κ1) is 20.2. The van der Waals surface area contributed by atoms with Gasteiger partial charge in [0.25, 0.3) is 0 Å². The summed E-state index contributed by atoms with van der Waals surface area (Å²) in [6.45, 7) is 4.91. The van der Waals surface area contributed by atoms with Gasteiger partial charge in [0.2, 0.25) is 5.91 Å². The molecular formula is C15H27Cl2N5O. The summed E-state index contributed by atoms with van der Waals surface area (Å²) in [4.78, 5) is 17.2. The summed E-state index contributed by atoms with van der Waals surface area (Å²) in [5.74, 6) is 1.09. The van der Waals surface area contributed by atoms with Crippen LogP contribution in [-0.2, 0) is 11.8 Å². The summed E-state index contributed by atoms with van der Waals surface area (Å²) in [7, 11) is 3.70. The second kappa shape index (κ2) is 8.87. The molecule has 2 aliphatic rings. The minimum Gasteiger partial charge on any atom is -0.338 e. The van der Waals surface area contributed by atoms with Crippen LogP contribution in [0.4, 0.5) is 0 Å². The lowest BCUT2D eigenvalue weighted by Gasteiger charge is -2.36. The highest BCUT2D eigenvalue weighted by molar-refractivity contribution is 5.85. The van der Waals surface area contributed by atoms with Gasteiger partial charge in [0.15, 0.2) is 0 Å². The molecule has 0 spiro atoms. The highest BCUT2D eigenvalue weighted by Gasteiger charge is 2.30. The first-order valence-electron chi connectivity index (χ1n) is 7.84. The van der Waals surface area contributed by atoms with Crippen molar-refractivity contribution >= 4 is 30.7 Å². The van der Waals surface area contributed by atoms with E-state index in [1.807, 2.05) is 25.2 Å². The average Bonchev–Trinajstić information content (AvgIpc) is 3.20. The number of aromatic nitrogens is 2. The van der Waals surface area contributed by atoms with E-state index in [-0.39, 0.29) is 36.8 Å². The van der Waals surface area contributed by atoms with Gasteiger partial charge in [-0.3, -0.25) is 14.4 Å². The number of halogens is 2. The first-order chi connectivity index (χ1) is 10.2. The summed E-state index contributed by atoms with van der Waals surface area (Å²) >= 11 is 0. The van der Waals surface area contributed by atoms with Crippen LogP contribution < -0.4 is 5.32 Å². The number of nitrogens with zero attached hydrogens (tertiary/aromatic N) is 4. The molecule has 2 fully saturated rings. The number of amides is 1. The Bertz CT molecular complexity index is 498. The Morgan fingerprint density at radius 1 is 1.30 bits per heavy atom. The fourth-order valence-electron chi connectivity index (χ4n) is 3.02. The van der Waals surface area contributed by atoms with E-state index in [2.05, 4.69) is 15.3 Å². The van der Waals surface area contributed by atoms with Gasteiger partial charge in [-0.1, -0.05) is 0 Å². The van der Waals surface area contributed by atoms with Crippen molar-refractivity contribution in [2.75, 3.05) is 39.8 Å². The van der Waals surface area contributed by atoms with Crippen LogP contribution in [0.25, 0.3) is 0 Å². The van der Waals surface area contributed by atoms with Crippen LogP contribution in [0.5, 0.6) is 0 Å². The molecule has 1 aliphatic heterocycles. The molecule has 1 saturated carbocycles. The summed E-state index contributed by atoms with van der Waals surface area (Å²) in [6, 6.07) is -0.284. The summed E-state index contributed by atoms with van der Waals surface area (Å²) in [5.41, 5.74) is 0.936. The Labute approximate surface area is 150 Å². The number of hydrogen-bond donors (Lipinski definition) is 1. The van der Waals surface area contributed by atoms with Crippen LogP contribution in [0.1, 0.15) is 24.4 Å². The van der Waals surface area contributed by atoms with E-state index in [0.717, 1.165) is 37.7 Å². The molecule has 3 rings (SSSR count). The minimum absolute atomic E-state index is 0. The van der Waals surface area contributed by atoms with Crippen molar-refractivity contribution in [3.05, 3.63) is 18.0 Å². The van der Waals surface area contributed by atoms with E-state index in [1.54, 1.807) is 10.9 Å². The quantitative estimate of drug-likeness (QED) is 0.850. The zero-order valence-corrected chi connectivity index (χ0v) is 15.4. The Hall–Kier alpha value is -0.820. The summed E-state index contributed by atoms with van der Waals surface area (Å²) < 4.78 is 1.74. The number of nitrogens with one attached hydrogen (secondary N) is 1. The fraction of sp³-hybridized carbons (Fsp3) is 0.733. The summed E-state index contributed by atoms with van der Waals surface area (Å²) in [5, 5.41) is 7.29. The van der Waals surface area contributed by atoms with Crippen molar-refractivity contribution in [2.24, 2.45) is 13.0 Å². The minimum atomic E-state index is -0.284. The van der Waals surface area contributed by atoms with Crippen LogP contribution in [0.2, 0.25) is 0 Å². The van der Waals surface area contributed by atoms with Gasteiger partial charge in [0, 0.05) is 51.5 Å². The van der Waals surface area contributed by atoms with E-state index in [4.69, 9.17) is 0 Å². The molecule has 1 N–H and O–H groups in total. The maximum Gasteiger partial charge on any atom is 0.244 e. The third-order valence-corrected chi connectivity index (χ3v) is 4.49. The molecule has 0 radical (unpaired) electrons. The predicted molar refractivity (Wildman–Crippen MR) is 95.2 cm³/mol. The van der Waals surface area contributed by atoms with Gasteiger partial charge in [0.1, 0.15) is 6.04 Å². The van der Waals surface area contributed by atoms with E-state index in [9.17, 15) is 4.79 Å². The van der Waals surface area contributed by atoms with Crippen molar-refractivity contribution in [1.29, 1.82) is 0 Å². The van der Waals surface area contributed by atoms with Gasteiger partial charge in [-0.05, 0) is 25.8 Å². The smallest absolute Gasteiger partial charge is 0.244 e. The molecule has 6 nitrogen and oxygen atoms in total. The molecule has 1 aliphatic carbocycles. The van der Waals surface area contributed by atoms with E-state index < -0.39 is 0 Å². The highest BCUT2D eigenvalue weighted by Crippen LogP contribution is 2.30. The first-order valence-corrected chi connectivity index (χ1v) is 7.84. The highest BCUT2D eigenvalue weighted by atomic mass is 35.5. The lowest BCUT2D eigenvalue weighted by atomic mass is 10.1. The molecule has 132 valence electrons. The van der Waals surface area contributed by atoms with Crippen molar-refractivity contribution in [2.45, 2.75) is 18.9 Å². The zero-order chi connectivity index (χ0) is 14.8. The van der Waals surface area contributed by atoms with Gasteiger partial charge < -0.3 is 10.2 Å². The van der Waals surface area contributed by atoms with Crippen LogP contribution in [0.15, 0.2) is 12.4 Å². The Morgan fingerprint density at radius 2 is 1.96 bits per heavy atom. The molecule has 1 unspecified atom stereocenters. The number of likely N-dealkylation sites (N-methyl/N-ethyl adjacent to an activating group) is 1. The fourth-order valence-corrected chi connectivity index (χ4v) is 3.02. The molecule has 2 heterocycles.